The summed E-state index contributed by atoms with van der Waals surface area (Å²) in [6.45, 7) is 2.44. The van der Waals surface area contributed by atoms with Crippen molar-refractivity contribution in [2.45, 2.75) is 19.4 Å². The van der Waals surface area contributed by atoms with Crippen molar-refractivity contribution in [2.24, 2.45) is 5.92 Å². The van der Waals surface area contributed by atoms with Gasteiger partial charge in [0.25, 0.3) is 5.56 Å². The van der Waals surface area contributed by atoms with Gasteiger partial charge in [-0.25, -0.2) is 9.78 Å². The minimum absolute atomic E-state index is 0.133. The zero-order valence-corrected chi connectivity index (χ0v) is 13.0. The van der Waals surface area contributed by atoms with Gasteiger partial charge in [0.15, 0.2) is 0 Å². The van der Waals surface area contributed by atoms with Crippen LogP contribution in [-0.4, -0.2) is 32.6 Å². The Hall–Kier alpha value is -1.41. The summed E-state index contributed by atoms with van der Waals surface area (Å²) in [5.74, 6) is 0.564. The molecule has 0 unspecified atom stereocenters. The molecule has 0 aromatic carbocycles. The number of aromatic amines is 1. The minimum atomic E-state index is -0.978. The van der Waals surface area contributed by atoms with Gasteiger partial charge in [-0.1, -0.05) is 6.92 Å². The molecule has 0 radical (unpaired) electrons. The molecule has 1 aliphatic heterocycles. The molecule has 2 atom stereocenters. The average molecular weight is 358 g/mol. The van der Waals surface area contributed by atoms with Gasteiger partial charge in [0, 0.05) is 6.54 Å². The number of aromatic nitrogens is 2. The second-order valence-corrected chi connectivity index (χ2v) is 7.33. The second kappa shape index (κ2) is 4.85. The highest BCUT2D eigenvalue weighted by Gasteiger charge is 2.37. The van der Waals surface area contributed by atoms with E-state index in [-0.39, 0.29) is 17.5 Å². The summed E-state index contributed by atoms with van der Waals surface area (Å²) in [6, 6.07) is 1.40. The molecule has 1 aliphatic rings. The number of thiophene rings is 1. The van der Waals surface area contributed by atoms with Crippen molar-refractivity contribution in [3.8, 4) is 0 Å². The quantitative estimate of drug-likeness (QED) is 0.821. The number of rotatable bonds is 1. The van der Waals surface area contributed by atoms with Crippen LogP contribution in [0.3, 0.4) is 0 Å². The van der Waals surface area contributed by atoms with Crippen molar-refractivity contribution < 1.29 is 9.90 Å². The molecular weight excluding hydrogens is 346 g/mol. The first kappa shape index (κ1) is 13.6. The normalized spacial score (nSPS) is 22.6. The van der Waals surface area contributed by atoms with E-state index in [2.05, 4.69) is 25.9 Å². The topological polar surface area (TPSA) is 86.3 Å². The van der Waals surface area contributed by atoms with Crippen molar-refractivity contribution in [3.63, 3.8) is 0 Å². The van der Waals surface area contributed by atoms with Gasteiger partial charge < -0.3 is 10.1 Å². The Morgan fingerprint density at radius 2 is 2.40 bits per heavy atom. The van der Waals surface area contributed by atoms with Crippen LogP contribution >= 0.6 is 27.3 Å². The van der Waals surface area contributed by atoms with Crippen LogP contribution in [-0.2, 0) is 0 Å². The Balaban J connectivity index is 2.13. The lowest BCUT2D eigenvalue weighted by Crippen LogP contribution is -2.32. The summed E-state index contributed by atoms with van der Waals surface area (Å²) in [7, 11) is 0. The van der Waals surface area contributed by atoms with Gasteiger partial charge in [0.2, 0.25) is 0 Å². The highest BCUT2D eigenvalue weighted by Crippen LogP contribution is 2.36. The molecule has 0 saturated carbocycles. The van der Waals surface area contributed by atoms with E-state index >= 15 is 0 Å². The summed E-state index contributed by atoms with van der Waals surface area (Å²) in [5.41, 5.74) is 0.384. The number of amides is 1. The lowest BCUT2D eigenvalue weighted by molar-refractivity contribution is 0.133. The Kier molecular flexibility index (Phi) is 3.29. The first-order chi connectivity index (χ1) is 9.47. The molecule has 1 saturated heterocycles. The SMILES string of the molecule is C[C@H]1CCN(C(=O)O)[C@@H]1c1nc2cc(Br)sc2c(=O)[nH]1. The Morgan fingerprint density at radius 3 is 3.10 bits per heavy atom. The molecule has 1 amide bonds. The molecule has 6 nitrogen and oxygen atoms in total. The number of likely N-dealkylation sites (tertiary alicyclic amines) is 1. The summed E-state index contributed by atoms with van der Waals surface area (Å²) in [4.78, 5) is 31.9. The number of hydrogen-bond acceptors (Lipinski definition) is 4. The number of carbonyl (C=O) groups is 1. The largest absolute Gasteiger partial charge is 0.465 e. The van der Waals surface area contributed by atoms with Crippen LogP contribution in [0.25, 0.3) is 10.2 Å². The number of fused-ring (bicyclic) bond motifs is 1. The fourth-order valence-corrected chi connectivity index (χ4v) is 4.07. The summed E-state index contributed by atoms with van der Waals surface area (Å²) >= 11 is 4.65. The number of carboxylic acid groups (broad SMARTS) is 1. The fourth-order valence-electron chi connectivity index (χ4n) is 2.65. The summed E-state index contributed by atoms with van der Waals surface area (Å²) in [5, 5.41) is 9.25. The first-order valence-electron chi connectivity index (χ1n) is 6.16. The van der Waals surface area contributed by atoms with Gasteiger partial charge in [-0.15, -0.1) is 11.3 Å². The van der Waals surface area contributed by atoms with E-state index in [0.717, 1.165) is 10.2 Å². The van der Waals surface area contributed by atoms with Crippen LogP contribution in [0.2, 0.25) is 0 Å². The van der Waals surface area contributed by atoms with E-state index in [9.17, 15) is 14.7 Å². The van der Waals surface area contributed by atoms with Gasteiger partial charge in [-0.2, -0.15) is 0 Å². The van der Waals surface area contributed by atoms with Crippen LogP contribution in [0.1, 0.15) is 25.2 Å². The number of H-pyrrole nitrogens is 1. The molecule has 2 N–H and O–H groups in total. The molecule has 0 bridgehead atoms. The number of halogens is 1. The predicted octanol–water partition coefficient (Wildman–Crippen LogP) is 2.81. The highest BCUT2D eigenvalue weighted by atomic mass is 79.9. The van der Waals surface area contributed by atoms with E-state index < -0.39 is 6.09 Å². The second-order valence-electron chi connectivity index (χ2n) is 4.90. The first-order valence-corrected chi connectivity index (χ1v) is 7.77. The van der Waals surface area contributed by atoms with Crippen molar-refractivity contribution >= 4 is 43.6 Å². The Bertz CT molecular complexity index is 741. The zero-order valence-electron chi connectivity index (χ0n) is 10.6. The molecular formula is C12H12BrN3O3S. The smallest absolute Gasteiger partial charge is 0.407 e. The highest BCUT2D eigenvalue weighted by molar-refractivity contribution is 9.11. The third kappa shape index (κ3) is 2.12. The number of nitrogens with one attached hydrogen (secondary N) is 1. The molecule has 1 fully saturated rings. The van der Waals surface area contributed by atoms with E-state index in [0.29, 0.717) is 22.6 Å². The fraction of sp³-hybridized carbons (Fsp3) is 0.417. The standard InChI is InChI=1S/C12H12BrN3O3S/c1-5-2-3-16(12(18)19)8(5)10-14-6-4-7(13)20-9(6)11(17)15-10/h4-5,8H,2-3H2,1H3,(H,18,19)(H,14,15,17)/t5-,8-/m0/s1. The van der Waals surface area contributed by atoms with E-state index in [1.807, 2.05) is 6.92 Å². The monoisotopic (exact) mass is 357 g/mol. The van der Waals surface area contributed by atoms with E-state index in [1.54, 1.807) is 6.07 Å². The molecule has 106 valence electrons. The predicted molar refractivity (Wildman–Crippen MR) is 79.2 cm³/mol. The van der Waals surface area contributed by atoms with Gasteiger partial charge in [-0.3, -0.25) is 9.69 Å². The van der Waals surface area contributed by atoms with Gasteiger partial charge in [-0.05, 0) is 34.3 Å². The van der Waals surface area contributed by atoms with Gasteiger partial charge in [0.05, 0.1) is 15.3 Å². The molecule has 2 aromatic heterocycles. The Morgan fingerprint density at radius 1 is 1.65 bits per heavy atom. The molecule has 20 heavy (non-hydrogen) atoms. The molecule has 8 heteroatoms. The van der Waals surface area contributed by atoms with Crippen molar-refractivity contribution in [2.75, 3.05) is 6.54 Å². The van der Waals surface area contributed by atoms with Crippen LogP contribution in [0.5, 0.6) is 0 Å². The van der Waals surface area contributed by atoms with Crippen molar-refractivity contribution in [3.05, 3.63) is 26.0 Å². The number of nitrogens with zero attached hydrogens (tertiary/aromatic N) is 2. The summed E-state index contributed by atoms with van der Waals surface area (Å²) < 4.78 is 1.38. The van der Waals surface area contributed by atoms with Crippen molar-refractivity contribution in [1.82, 2.24) is 14.9 Å². The maximum absolute atomic E-state index is 12.1. The van der Waals surface area contributed by atoms with Gasteiger partial charge in [0.1, 0.15) is 10.5 Å². The average Bonchev–Trinajstić information content (AvgIpc) is 2.91. The van der Waals surface area contributed by atoms with E-state index in [4.69, 9.17) is 0 Å². The van der Waals surface area contributed by atoms with Crippen LogP contribution < -0.4 is 5.56 Å². The van der Waals surface area contributed by atoms with E-state index in [1.165, 1.54) is 16.2 Å². The Labute approximate surface area is 126 Å². The maximum atomic E-state index is 12.1. The molecule has 0 aliphatic carbocycles. The van der Waals surface area contributed by atoms with Crippen LogP contribution in [0, 0.1) is 5.92 Å². The molecule has 2 aromatic rings. The molecule has 3 rings (SSSR count). The maximum Gasteiger partial charge on any atom is 0.407 e. The molecule has 0 spiro atoms. The number of hydrogen-bond donors (Lipinski definition) is 2. The minimum Gasteiger partial charge on any atom is -0.465 e. The summed E-state index contributed by atoms with van der Waals surface area (Å²) in [6.07, 6.45) is -0.208. The molecule has 3 heterocycles. The third-order valence-corrected chi connectivity index (χ3v) is 5.22. The van der Waals surface area contributed by atoms with Crippen molar-refractivity contribution in [1.29, 1.82) is 0 Å². The van der Waals surface area contributed by atoms with Crippen LogP contribution in [0.4, 0.5) is 4.79 Å². The lowest BCUT2D eigenvalue weighted by atomic mass is 10.0. The lowest BCUT2D eigenvalue weighted by Gasteiger charge is -2.23. The third-order valence-electron chi connectivity index (χ3n) is 3.60. The van der Waals surface area contributed by atoms with Crippen LogP contribution in [0.15, 0.2) is 14.6 Å². The zero-order chi connectivity index (χ0) is 14.4. The van der Waals surface area contributed by atoms with Gasteiger partial charge >= 0.3 is 6.09 Å².